The molecule has 4 nitrogen and oxygen atoms in total. The van der Waals surface area contributed by atoms with Gasteiger partial charge in [0.25, 0.3) is 0 Å². The molecule has 0 radical (unpaired) electrons. The molecule has 1 amide bonds. The first kappa shape index (κ1) is 16.8. The smallest absolute Gasteiger partial charge is 0.248 e. The van der Waals surface area contributed by atoms with Crippen LogP contribution in [0.2, 0.25) is 0 Å². The number of nitrogens with zero attached hydrogens (tertiary/aromatic N) is 1. The number of hydrogen-bond donors (Lipinski definition) is 2. The van der Waals surface area contributed by atoms with Crippen LogP contribution in [0.25, 0.3) is 10.2 Å². The molecule has 2 N–H and O–H groups in total. The minimum atomic E-state index is -0.0749. The van der Waals surface area contributed by atoms with E-state index < -0.39 is 0 Å². The molecule has 0 saturated heterocycles. The van der Waals surface area contributed by atoms with Gasteiger partial charge < -0.3 is 0 Å². The fourth-order valence-electron chi connectivity index (χ4n) is 2.19. The van der Waals surface area contributed by atoms with Crippen molar-refractivity contribution in [3.63, 3.8) is 0 Å². The van der Waals surface area contributed by atoms with Crippen LogP contribution < -0.4 is 10.9 Å². The summed E-state index contributed by atoms with van der Waals surface area (Å²) in [4.78, 5) is 17.5. The predicted octanol–water partition coefficient (Wildman–Crippen LogP) is 4.40. The molecular formula is C18H19N3OS2. The van der Waals surface area contributed by atoms with E-state index in [4.69, 9.17) is 0 Å². The zero-order valence-electron chi connectivity index (χ0n) is 13.6. The largest absolute Gasteiger partial charge is 0.273 e. The van der Waals surface area contributed by atoms with Crippen molar-refractivity contribution < 1.29 is 4.79 Å². The van der Waals surface area contributed by atoms with Crippen LogP contribution in [-0.4, -0.2) is 16.6 Å². The Morgan fingerprint density at radius 1 is 1.21 bits per heavy atom. The number of thioether (sulfide) groups is 1. The molecule has 3 rings (SSSR count). The maximum absolute atomic E-state index is 12.0. The van der Waals surface area contributed by atoms with Gasteiger partial charge in [-0.05, 0) is 43.2 Å². The van der Waals surface area contributed by atoms with Crippen molar-refractivity contribution in [2.45, 2.75) is 25.2 Å². The molecule has 0 spiro atoms. The number of aromatic nitrogens is 1. The highest BCUT2D eigenvalue weighted by Crippen LogP contribution is 2.26. The summed E-state index contributed by atoms with van der Waals surface area (Å²) in [6.45, 7) is 4.18. The molecule has 6 heteroatoms. The predicted molar refractivity (Wildman–Crippen MR) is 103 cm³/mol. The third kappa shape index (κ3) is 4.27. The van der Waals surface area contributed by atoms with Crippen LogP contribution in [0.3, 0.4) is 0 Å². The van der Waals surface area contributed by atoms with Gasteiger partial charge in [0.2, 0.25) is 11.0 Å². The zero-order chi connectivity index (χ0) is 16.9. The Morgan fingerprint density at radius 2 is 2.00 bits per heavy atom. The third-order valence-corrected chi connectivity index (χ3v) is 5.51. The second-order valence-electron chi connectivity index (χ2n) is 5.45. The van der Waals surface area contributed by atoms with Crippen molar-refractivity contribution in [1.29, 1.82) is 0 Å². The van der Waals surface area contributed by atoms with Gasteiger partial charge in [-0.2, -0.15) is 0 Å². The van der Waals surface area contributed by atoms with Crippen molar-refractivity contribution in [3.8, 4) is 0 Å². The van der Waals surface area contributed by atoms with E-state index in [2.05, 4.69) is 34.9 Å². The molecule has 0 bridgehead atoms. The topological polar surface area (TPSA) is 54.0 Å². The highest BCUT2D eigenvalue weighted by Gasteiger charge is 2.06. The maximum atomic E-state index is 12.0. The van der Waals surface area contributed by atoms with Crippen LogP contribution >= 0.6 is 23.1 Å². The Labute approximate surface area is 149 Å². The second kappa shape index (κ2) is 7.68. The first-order chi connectivity index (χ1) is 11.6. The summed E-state index contributed by atoms with van der Waals surface area (Å²) < 4.78 is 1.13. The molecule has 0 unspecified atom stereocenters. The van der Waals surface area contributed by atoms with E-state index >= 15 is 0 Å². The lowest BCUT2D eigenvalue weighted by Crippen LogP contribution is -2.30. The molecule has 3 aromatic rings. The van der Waals surface area contributed by atoms with E-state index in [1.54, 1.807) is 11.3 Å². The van der Waals surface area contributed by atoms with Crippen LogP contribution in [0.1, 0.15) is 18.1 Å². The molecule has 0 aliphatic rings. The van der Waals surface area contributed by atoms with Crippen LogP contribution in [0.15, 0.2) is 47.4 Å². The normalized spacial score (nSPS) is 10.8. The van der Waals surface area contributed by atoms with Crippen LogP contribution in [-0.2, 0) is 11.2 Å². The van der Waals surface area contributed by atoms with Crippen molar-refractivity contribution in [2.24, 2.45) is 0 Å². The van der Waals surface area contributed by atoms with E-state index in [9.17, 15) is 4.79 Å². The number of benzene rings is 2. The number of thiazole rings is 1. The van der Waals surface area contributed by atoms with Crippen molar-refractivity contribution in [2.75, 3.05) is 11.2 Å². The Morgan fingerprint density at radius 3 is 2.75 bits per heavy atom. The van der Waals surface area contributed by atoms with Gasteiger partial charge in [-0.25, -0.2) is 4.98 Å². The average molecular weight is 358 g/mol. The van der Waals surface area contributed by atoms with Crippen LogP contribution in [0.4, 0.5) is 5.13 Å². The number of aryl methyl sites for hydroxylation is 2. The van der Waals surface area contributed by atoms with Gasteiger partial charge in [0, 0.05) is 4.90 Å². The summed E-state index contributed by atoms with van der Waals surface area (Å²) in [5, 5.41) is 0.701. The van der Waals surface area contributed by atoms with E-state index in [1.165, 1.54) is 22.9 Å². The molecular weight excluding hydrogens is 338 g/mol. The van der Waals surface area contributed by atoms with Crippen LogP contribution in [0.5, 0.6) is 0 Å². The second-order valence-corrected chi connectivity index (χ2v) is 7.53. The lowest BCUT2D eigenvalue weighted by atomic mass is 10.2. The first-order valence-electron chi connectivity index (χ1n) is 7.78. The lowest BCUT2D eigenvalue weighted by Gasteiger charge is -2.05. The number of amides is 1. The molecule has 1 heterocycles. The summed E-state index contributed by atoms with van der Waals surface area (Å²) in [5.74, 6) is 0.287. The minimum absolute atomic E-state index is 0.0749. The molecule has 124 valence electrons. The van der Waals surface area contributed by atoms with Crippen molar-refractivity contribution >= 4 is 44.4 Å². The summed E-state index contributed by atoms with van der Waals surface area (Å²) >= 11 is 3.05. The van der Waals surface area contributed by atoms with Crippen molar-refractivity contribution in [1.82, 2.24) is 10.4 Å². The fourth-order valence-corrected chi connectivity index (χ4v) is 3.77. The molecule has 2 aromatic carbocycles. The molecule has 0 saturated carbocycles. The highest BCUT2D eigenvalue weighted by molar-refractivity contribution is 8.00. The monoisotopic (exact) mass is 357 g/mol. The number of rotatable bonds is 6. The molecule has 24 heavy (non-hydrogen) atoms. The SMILES string of the molecule is CCc1ccc2nc(NNC(=O)CSc3ccc(C)cc3)sc2c1. The Balaban J connectivity index is 1.53. The number of carbonyl (C=O) groups is 1. The van der Waals surface area contributed by atoms with Crippen molar-refractivity contribution in [3.05, 3.63) is 53.6 Å². The quantitative estimate of drug-likeness (QED) is 0.507. The number of hydrazine groups is 1. The van der Waals surface area contributed by atoms with Gasteiger partial charge >= 0.3 is 0 Å². The standard InChI is InChI=1S/C18H19N3OS2/c1-3-13-6-9-15-16(10-13)24-18(19-15)21-20-17(22)11-23-14-7-4-12(2)5-8-14/h4-10H,3,11H2,1-2H3,(H,19,21)(H,20,22). The van der Waals surface area contributed by atoms with Gasteiger partial charge in [-0.1, -0.05) is 42.0 Å². The van der Waals surface area contributed by atoms with Gasteiger partial charge in [0.05, 0.1) is 16.0 Å². The number of nitrogens with one attached hydrogen (secondary N) is 2. The first-order valence-corrected chi connectivity index (χ1v) is 9.58. The Kier molecular flexibility index (Phi) is 5.37. The zero-order valence-corrected chi connectivity index (χ0v) is 15.3. The number of carbonyl (C=O) groups excluding carboxylic acids is 1. The number of anilines is 1. The van der Waals surface area contributed by atoms with Crippen LogP contribution in [0, 0.1) is 6.92 Å². The van der Waals surface area contributed by atoms with Gasteiger partial charge in [0.1, 0.15) is 0 Å². The average Bonchev–Trinajstić information content (AvgIpc) is 3.01. The van der Waals surface area contributed by atoms with E-state index in [-0.39, 0.29) is 5.91 Å². The Bertz CT molecular complexity index is 843. The Hall–Kier alpha value is -2.05. The van der Waals surface area contributed by atoms with Gasteiger partial charge in [-0.15, -0.1) is 11.8 Å². The summed E-state index contributed by atoms with van der Waals surface area (Å²) in [6, 6.07) is 14.4. The summed E-state index contributed by atoms with van der Waals surface area (Å²) in [5.41, 5.74) is 9.07. The lowest BCUT2D eigenvalue weighted by molar-refractivity contribution is -0.118. The third-order valence-electron chi connectivity index (χ3n) is 3.56. The summed E-state index contributed by atoms with van der Waals surface area (Å²) in [6.07, 6.45) is 1.00. The molecule has 0 atom stereocenters. The highest BCUT2D eigenvalue weighted by atomic mass is 32.2. The van der Waals surface area contributed by atoms with E-state index in [0.717, 1.165) is 21.5 Å². The molecule has 0 fully saturated rings. The summed E-state index contributed by atoms with van der Waals surface area (Å²) in [7, 11) is 0. The molecule has 0 aliphatic carbocycles. The number of fused-ring (bicyclic) bond motifs is 1. The van der Waals surface area contributed by atoms with E-state index in [0.29, 0.717) is 10.9 Å². The maximum Gasteiger partial charge on any atom is 0.248 e. The minimum Gasteiger partial charge on any atom is -0.273 e. The van der Waals surface area contributed by atoms with Gasteiger partial charge in [-0.3, -0.25) is 15.6 Å². The molecule has 1 aromatic heterocycles. The number of hydrogen-bond acceptors (Lipinski definition) is 5. The van der Waals surface area contributed by atoms with E-state index in [1.807, 2.05) is 37.3 Å². The molecule has 0 aliphatic heterocycles. The van der Waals surface area contributed by atoms with Gasteiger partial charge in [0.15, 0.2) is 0 Å². The fraction of sp³-hybridized carbons (Fsp3) is 0.222.